The van der Waals surface area contributed by atoms with Crippen LogP contribution in [0.4, 0.5) is 10.5 Å². The van der Waals surface area contributed by atoms with Crippen molar-refractivity contribution >= 4 is 17.7 Å². The number of carbonyl (C=O) groups excluding carboxylic acids is 1. The van der Waals surface area contributed by atoms with Gasteiger partial charge in [-0.05, 0) is 54.4 Å². The van der Waals surface area contributed by atoms with Gasteiger partial charge in [0.15, 0.2) is 11.5 Å². The number of nitrogens with zero attached hydrogens (tertiary/aromatic N) is 2. The average molecular weight is 489 g/mol. The highest BCUT2D eigenvalue weighted by atomic mass is 16.7. The molecule has 3 atom stereocenters. The summed E-state index contributed by atoms with van der Waals surface area (Å²) < 4.78 is 16.3. The smallest absolute Gasteiger partial charge is 0.325 e. The third kappa shape index (κ3) is 4.19. The maximum Gasteiger partial charge on any atom is 0.325 e. The fourth-order valence-corrected chi connectivity index (χ4v) is 5.19. The molecule has 0 bridgehead atoms. The average Bonchev–Trinajstić information content (AvgIpc) is 3.54. The number of methoxy groups -OCH3 is 1. The van der Waals surface area contributed by atoms with Crippen LogP contribution in [-0.2, 0) is 4.79 Å². The van der Waals surface area contributed by atoms with E-state index < -0.39 is 23.8 Å². The van der Waals surface area contributed by atoms with Gasteiger partial charge in [-0.2, -0.15) is 0 Å². The van der Waals surface area contributed by atoms with E-state index in [9.17, 15) is 14.7 Å². The molecular formula is C28H28N2O6. The molecule has 0 saturated carbocycles. The second-order valence-electron chi connectivity index (χ2n) is 8.82. The number of ether oxygens (including phenoxy) is 3. The van der Waals surface area contributed by atoms with Gasteiger partial charge in [-0.15, -0.1) is 0 Å². The van der Waals surface area contributed by atoms with Crippen LogP contribution in [0, 0.1) is 5.92 Å². The number of urea groups is 1. The monoisotopic (exact) mass is 488 g/mol. The first-order chi connectivity index (χ1) is 17.5. The molecular weight excluding hydrogens is 460 g/mol. The van der Waals surface area contributed by atoms with Crippen LogP contribution in [0.2, 0.25) is 0 Å². The third-order valence-corrected chi connectivity index (χ3v) is 6.93. The number of amides is 2. The van der Waals surface area contributed by atoms with Crippen LogP contribution in [0.25, 0.3) is 0 Å². The lowest BCUT2D eigenvalue weighted by Crippen LogP contribution is -2.44. The molecule has 3 aromatic rings. The molecule has 8 nitrogen and oxygen atoms in total. The number of anilines is 1. The number of likely N-dealkylation sites (tertiary alicyclic amines) is 1. The van der Waals surface area contributed by atoms with E-state index in [4.69, 9.17) is 14.2 Å². The zero-order valence-electron chi connectivity index (χ0n) is 20.2. The lowest BCUT2D eigenvalue weighted by atomic mass is 9.83. The van der Waals surface area contributed by atoms with E-state index in [0.717, 1.165) is 16.8 Å². The second kappa shape index (κ2) is 9.81. The highest BCUT2D eigenvalue weighted by Crippen LogP contribution is 2.48. The van der Waals surface area contributed by atoms with Crippen molar-refractivity contribution in [2.45, 2.75) is 18.9 Å². The van der Waals surface area contributed by atoms with Gasteiger partial charge in [-0.3, -0.25) is 9.69 Å². The molecule has 2 aliphatic rings. The maximum absolute atomic E-state index is 14.0. The molecule has 2 amide bonds. The molecule has 0 radical (unpaired) electrons. The van der Waals surface area contributed by atoms with Gasteiger partial charge in [0.25, 0.3) is 0 Å². The predicted molar refractivity (Wildman–Crippen MR) is 134 cm³/mol. The minimum Gasteiger partial charge on any atom is -0.497 e. The molecule has 0 aliphatic carbocycles. The summed E-state index contributed by atoms with van der Waals surface area (Å²) in [4.78, 5) is 30.1. The summed E-state index contributed by atoms with van der Waals surface area (Å²) in [6.07, 6.45) is 0. The Balaban J connectivity index is 1.58. The minimum absolute atomic E-state index is 0.132. The zero-order valence-corrected chi connectivity index (χ0v) is 20.2. The zero-order chi connectivity index (χ0) is 25.2. The molecule has 36 heavy (non-hydrogen) atoms. The van der Waals surface area contributed by atoms with E-state index in [1.54, 1.807) is 35.1 Å². The number of benzene rings is 3. The van der Waals surface area contributed by atoms with E-state index in [1.807, 2.05) is 61.5 Å². The lowest BCUT2D eigenvalue weighted by molar-refractivity contribution is -0.142. The number of carboxylic acid groups (broad SMARTS) is 1. The van der Waals surface area contributed by atoms with Crippen molar-refractivity contribution in [3.8, 4) is 17.2 Å². The van der Waals surface area contributed by atoms with Gasteiger partial charge in [-0.1, -0.05) is 36.4 Å². The molecule has 5 rings (SSSR count). The van der Waals surface area contributed by atoms with Crippen LogP contribution in [0.1, 0.15) is 30.0 Å². The van der Waals surface area contributed by atoms with Crippen molar-refractivity contribution in [2.24, 2.45) is 5.92 Å². The van der Waals surface area contributed by atoms with Gasteiger partial charge in [0, 0.05) is 24.7 Å². The quantitative estimate of drug-likeness (QED) is 0.530. The summed E-state index contributed by atoms with van der Waals surface area (Å²) in [7, 11) is 1.58. The van der Waals surface area contributed by atoms with Crippen LogP contribution >= 0.6 is 0 Å². The first kappa shape index (κ1) is 23.5. The number of rotatable bonds is 6. The minimum atomic E-state index is -0.962. The first-order valence-electron chi connectivity index (χ1n) is 11.9. The van der Waals surface area contributed by atoms with E-state index >= 15 is 0 Å². The Kier molecular flexibility index (Phi) is 6.41. The van der Waals surface area contributed by atoms with Crippen LogP contribution in [0.5, 0.6) is 17.2 Å². The van der Waals surface area contributed by atoms with Crippen LogP contribution in [-0.4, -0.2) is 49.0 Å². The molecule has 1 N–H and O–H groups in total. The van der Waals surface area contributed by atoms with Gasteiger partial charge >= 0.3 is 12.0 Å². The number of aliphatic carboxylic acids is 1. The molecule has 2 heterocycles. The van der Waals surface area contributed by atoms with Crippen molar-refractivity contribution < 1.29 is 28.9 Å². The molecule has 2 aliphatic heterocycles. The normalized spacial score (nSPS) is 20.3. The van der Waals surface area contributed by atoms with Crippen molar-refractivity contribution in [1.82, 2.24) is 4.90 Å². The standard InChI is InChI=1S/C28H28N2O6/c1-3-29(20-7-5-4-6-8-20)28(33)30-16-22(19-11-14-23-24(15-19)36-17-35-23)25(27(31)32)26(30)18-9-12-21(34-2)13-10-18/h4-15,22,25-26H,3,16-17H2,1-2H3,(H,31,32)/t22-,25+,26-/m1/s1. The molecule has 186 valence electrons. The molecule has 1 fully saturated rings. The van der Waals surface area contributed by atoms with Crippen LogP contribution in [0.3, 0.4) is 0 Å². The molecule has 8 heteroatoms. The SMILES string of the molecule is CCN(C(=O)N1C[C@H](c2ccc3c(c2)OCO3)[C@H](C(=O)O)[C@H]1c1ccc(OC)cc1)c1ccccc1. The van der Waals surface area contributed by atoms with E-state index in [2.05, 4.69) is 0 Å². The fourth-order valence-electron chi connectivity index (χ4n) is 5.19. The molecule has 0 aromatic heterocycles. The Labute approximate surface area is 209 Å². The van der Waals surface area contributed by atoms with Crippen molar-refractivity contribution in [3.05, 3.63) is 83.9 Å². The Morgan fingerprint density at radius 3 is 2.36 bits per heavy atom. The van der Waals surface area contributed by atoms with Crippen molar-refractivity contribution in [1.29, 1.82) is 0 Å². The Morgan fingerprint density at radius 1 is 1.00 bits per heavy atom. The number of fused-ring (bicyclic) bond motifs is 1. The fraction of sp³-hybridized carbons (Fsp3) is 0.286. The Hall–Kier alpha value is -4.20. The van der Waals surface area contributed by atoms with Gasteiger partial charge in [0.2, 0.25) is 6.79 Å². The summed E-state index contributed by atoms with van der Waals surface area (Å²) >= 11 is 0. The summed E-state index contributed by atoms with van der Waals surface area (Å²) in [5, 5.41) is 10.5. The summed E-state index contributed by atoms with van der Waals surface area (Å²) in [6, 6.07) is 21.2. The Morgan fingerprint density at radius 2 is 1.69 bits per heavy atom. The maximum atomic E-state index is 14.0. The van der Waals surface area contributed by atoms with Crippen LogP contribution in [0.15, 0.2) is 72.8 Å². The van der Waals surface area contributed by atoms with Gasteiger partial charge < -0.3 is 24.2 Å². The van der Waals surface area contributed by atoms with Crippen LogP contribution < -0.4 is 19.1 Å². The summed E-state index contributed by atoms with van der Waals surface area (Å²) in [6.45, 7) is 2.73. The number of hydrogen-bond donors (Lipinski definition) is 1. The first-order valence-corrected chi connectivity index (χ1v) is 11.9. The molecule has 0 unspecified atom stereocenters. The highest BCUT2D eigenvalue weighted by molar-refractivity contribution is 5.93. The number of carbonyl (C=O) groups is 2. The summed E-state index contributed by atoms with van der Waals surface area (Å²) in [5.41, 5.74) is 2.30. The van der Waals surface area contributed by atoms with E-state index in [1.165, 1.54) is 0 Å². The van der Waals surface area contributed by atoms with Gasteiger partial charge in [-0.25, -0.2) is 4.79 Å². The van der Waals surface area contributed by atoms with Crippen molar-refractivity contribution in [2.75, 3.05) is 31.9 Å². The Bertz CT molecular complexity index is 1250. The number of hydrogen-bond acceptors (Lipinski definition) is 5. The highest BCUT2D eigenvalue weighted by Gasteiger charge is 2.50. The molecule has 0 spiro atoms. The van der Waals surface area contributed by atoms with E-state index in [0.29, 0.717) is 23.8 Å². The topological polar surface area (TPSA) is 88.5 Å². The van der Waals surface area contributed by atoms with Gasteiger partial charge in [0.1, 0.15) is 5.75 Å². The third-order valence-electron chi connectivity index (χ3n) is 6.93. The largest absolute Gasteiger partial charge is 0.497 e. The predicted octanol–water partition coefficient (Wildman–Crippen LogP) is 4.91. The summed E-state index contributed by atoms with van der Waals surface area (Å²) in [5.74, 6) is -0.393. The molecule has 1 saturated heterocycles. The lowest BCUT2D eigenvalue weighted by Gasteiger charge is -2.32. The van der Waals surface area contributed by atoms with Gasteiger partial charge in [0.05, 0.1) is 19.1 Å². The molecule has 3 aromatic carbocycles. The van der Waals surface area contributed by atoms with E-state index in [-0.39, 0.29) is 19.4 Å². The number of carboxylic acids is 1. The number of para-hydroxylation sites is 1. The second-order valence-corrected chi connectivity index (χ2v) is 8.82. The van der Waals surface area contributed by atoms with Crippen molar-refractivity contribution in [3.63, 3.8) is 0 Å².